The van der Waals surface area contributed by atoms with Gasteiger partial charge in [-0.3, -0.25) is 4.79 Å². The molecule has 0 bridgehead atoms. The van der Waals surface area contributed by atoms with Gasteiger partial charge in [0.15, 0.2) is 5.69 Å². The van der Waals surface area contributed by atoms with E-state index < -0.39 is 0 Å². The van der Waals surface area contributed by atoms with Crippen molar-refractivity contribution in [3.8, 4) is 5.69 Å². The summed E-state index contributed by atoms with van der Waals surface area (Å²) in [5.74, 6) is -0.117. The molecular weight excluding hydrogens is 368 g/mol. The van der Waals surface area contributed by atoms with Gasteiger partial charge >= 0.3 is 0 Å². The van der Waals surface area contributed by atoms with Crippen molar-refractivity contribution >= 4 is 27.5 Å². The fraction of sp³-hybridized carbons (Fsp3) is 0.167. The van der Waals surface area contributed by atoms with Crippen LogP contribution in [0.1, 0.15) is 23.0 Å². The van der Waals surface area contributed by atoms with Gasteiger partial charge in [0.1, 0.15) is 0 Å². The summed E-state index contributed by atoms with van der Waals surface area (Å²) >= 11 is 3.44. The zero-order valence-corrected chi connectivity index (χ0v) is 14.6. The average molecular weight is 383 g/mol. The van der Waals surface area contributed by atoms with Crippen molar-refractivity contribution < 1.29 is 4.79 Å². The SMILES string of the molecule is CC1Cc2ccccc2N1C(=O)c1cn(-c2cccc(Br)c2)nn1. The number of carbonyl (C=O) groups excluding carboxylic acids is 1. The molecule has 0 radical (unpaired) electrons. The number of aromatic nitrogens is 3. The number of nitrogens with zero attached hydrogens (tertiary/aromatic N) is 4. The van der Waals surface area contributed by atoms with Crippen LogP contribution < -0.4 is 4.90 Å². The Bertz CT molecular complexity index is 921. The largest absolute Gasteiger partial charge is 0.304 e. The standard InChI is InChI=1S/C18H15BrN4O/c1-12-9-13-5-2-3-8-17(13)23(12)18(24)16-11-22(21-20-16)15-7-4-6-14(19)10-15/h2-8,10-12H,9H2,1H3. The first-order valence-electron chi connectivity index (χ1n) is 7.73. The van der Waals surface area contributed by atoms with Gasteiger partial charge in [0, 0.05) is 16.2 Å². The van der Waals surface area contributed by atoms with Gasteiger partial charge in [0.2, 0.25) is 0 Å². The Morgan fingerprint density at radius 3 is 2.88 bits per heavy atom. The number of halogens is 1. The van der Waals surface area contributed by atoms with E-state index in [1.54, 1.807) is 10.9 Å². The minimum atomic E-state index is -0.117. The predicted octanol–water partition coefficient (Wildman–Crippen LogP) is 3.62. The van der Waals surface area contributed by atoms with Crippen LogP contribution in [0.5, 0.6) is 0 Å². The highest BCUT2D eigenvalue weighted by Crippen LogP contribution is 2.32. The van der Waals surface area contributed by atoms with Crippen LogP contribution in [0.4, 0.5) is 5.69 Å². The lowest BCUT2D eigenvalue weighted by Crippen LogP contribution is -2.35. The number of rotatable bonds is 2. The second-order valence-electron chi connectivity index (χ2n) is 5.89. The summed E-state index contributed by atoms with van der Waals surface area (Å²) in [5.41, 5.74) is 3.36. The van der Waals surface area contributed by atoms with Crippen LogP contribution in [0.2, 0.25) is 0 Å². The molecule has 0 fully saturated rings. The molecule has 1 aliphatic rings. The second-order valence-corrected chi connectivity index (χ2v) is 6.80. The molecule has 24 heavy (non-hydrogen) atoms. The van der Waals surface area contributed by atoms with Gasteiger partial charge < -0.3 is 4.90 Å². The van der Waals surface area contributed by atoms with E-state index >= 15 is 0 Å². The Labute approximate surface area is 148 Å². The number of amides is 1. The van der Waals surface area contributed by atoms with Gasteiger partial charge in [-0.15, -0.1) is 5.10 Å². The first-order chi connectivity index (χ1) is 11.6. The van der Waals surface area contributed by atoms with Crippen LogP contribution >= 0.6 is 15.9 Å². The molecule has 5 nitrogen and oxygen atoms in total. The molecule has 1 atom stereocenters. The number of hydrogen-bond donors (Lipinski definition) is 0. The predicted molar refractivity (Wildman–Crippen MR) is 95.5 cm³/mol. The summed E-state index contributed by atoms with van der Waals surface area (Å²) in [6.45, 7) is 2.05. The van der Waals surface area contributed by atoms with Gasteiger partial charge in [-0.25, -0.2) is 4.68 Å². The minimum absolute atomic E-state index is 0.117. The Morgan fingerprint density at radius 2 is 2.04 bits per heavy atom. The maximum atomic E-state index is 12.9. The zero-order chi connectivity index (χ0) is 16.7. The molecule has 0 saturated carbocycles. The van der Waals surface area contributed by atoms with Crippen molar-refractivity contribution in [2.45, 2.75) is 19.4 Å². The van der Waals surface area contributed by atoms with Gasteiger partial charge in [-0.1, -0.05) is 45.4 Å². The smallest absolute Gasteiger partial charge is 0.280 e. The molecule has 1 aromatic heterocycles. The van der Waals surface area contributed by atoms with Gasteiger partial charge in [-0.05, 0) is 43.2 Å². The number of fused-ring (bicyclic) bond motifs is 1. The zero-order valence-electron chi connectivity index (χ0n) is 13.1. The van der Waals surface area contributed by atoms with E-state index in [1.165, 1.54) is 5.56 Å². The number of para-hydroxylation sites is 1. The van der Waals surface area contributed by atoms with Crippen molar-refractivity contribution in [3.63, 3.8) is 0 Å². The van der Waals surface area contributed by atoms with Crippen molar-refractivity contribution in [3.05, 3.63) is 70.5 Å². The lowest BCUT2D eigenvalue weighted by Gasteiger charge is -2.21. The number of anilines is 1. The quantitative estimate of drug-likeness (QED) is 0.679. The van der Waals surface area contributed by atoms with Gasteiger partial charge in [-0.2, -0.15) is 0 Å². The third-order valence-electron chi connectivity index (χ3n) is 4.21. The minimum Gasteiger partial charge on any atom is -0.304 e. The highest BCUT2D eigenvalue weighted by atomic mass is 79.9. The Balaban J connectivity index is 1.67. The Kier molecular flexibility index (Phi) is 3.69. The van der Waals surface area contributed by atoms with Crippen molar-refractivity contribution in [1.82, 2.24) is 15.0 Å². The van der Waals surface area contributed by atoms with E-state index in [0.717, 1.165) is 22.3 Å². The maximum Gasteiger partial charge on any atom is 0.280 e. The summed E-state index contributed by atoms with van der Waals surface area (Å²) in [6, 6.07) is 15.8. The molecule has 0 N–H and O–H groups in total. The molecule has 2 heterocycles. The fourth-order valence-corrected chi connectivity index (χ4v) is 3.49. The van der Waals surface area contributed by atoms with Gasteiger partial charge in [0.05, 0.1) is 11.9 Å². The first kappa shape index (κ1) is 15.1. The molecule has 1 aliphatic heterocycles. The van der Waals surface area contributed by atoms with Gasteiger partial charge in [0.25, 0.3) is 5.91 Å². The van der Waals surface area contributed by atoms with Crippen LogP contribution in [0, 0.1) is 0 Å². The molecule has 0 spiro atoms. The number of hydrogen-bond acceptors (Lipinski definition) is 3. The van der Waals surface area contributed by atoms with Crippen LogP contribution in [0.15, 0.2) is 59.2 Å². The van der Waals surface area contributed by atoms with E-state index in [-0.39, 0.29) is 11.9 Å². The lowest BCUT2D eigenvalue weighted by atomic mass is 10.1. The molecule has 2 aromatic carbocycles. The topological polar surface area (TPSA) is 51.0 Å². The third kappa shape index (κ3) is 2.53. The highest BCUT2D eigenvalue weighted by Gasteiger charge is 2.32. The molecule has 0 saturated heterocycles. The van der Waals surface area contributed by atoms with E-state index in [4.69, 9.17) is 0 Å². The normalized spacial score (nSPS) is 16.2. The summed E-state index contributed by atoms with van der Waals surface area (Å²) in [5, 5.41) is 8.18. The molecule has 1 unspecified atom stereocenters. The third-order valence-corrected chi connectivity index (χ3v) is 4.70. The fourth-order valence-electron chi connectivity index (χ4n) is 3.11. The van der Waals surface area contributed by atoms with Crippen LogP contribution in [0.3, 0.4) is 0 Å². The van der Waals surface area contributed by atoms with E-state index in [1.807, 2.05) is 47.4 Å². The lowest BCUT2D eigenvalue weighted by molar-refractivity contribution is 0.0976. The maximum absolute atomic E-state index is 12.9. The molecular formula is C18H15BrN4O. The number of carbonyl (C=O) groups is 1. The van der Waals surface area contributed by atoms with E-state index in [0.29, 0.717) is 5.69 Å². The average Bonchev–Trinajstić information content (AvgIpc) is 3.18. The Morgan fingerprint density at radius 1 is 1.21 bits per heavy atom. The Hall–Kier alpha value is -2.47. The highest BCUT2D eigenvalue weighted by molar-refractivity contribution is 9.10. The molecule has 120 valence electrons. The van der Waals surface area contributed by atoms with Crippen molar-refractivity contribution in [2.75, 3.05) is 4.90 Å². The van der Waals surface area contributed by atoms with E-state index in [2.05, 4.69) is 39.2 Å². The summed E-state index contributed by atoms with van der Waals surface area (Å²) < 4.78 is 2.57. The summed E-state index contributed by atoms with van der Waals surface area (Å²) in [7, 11) is 0. The summed E-state index contributed by atoms with van der Waals surface area (Å²) in [6.07, 6.45) is 2.54. The van der Waals surface area contributed by atoms with Crippen molar-refractivity contribution in [1.29, 1.82) is 0 Å². The molecule has 6 heteroatoms. The van der Waals surface area contributed by atoms with Crippen LogP contribution in [-0.4, -0.2) is 26.9 Å². The molecule has 4 rings (SSSR count). The summed E-state index contributed by atoms with van der Waals surface area (Å²) in [4.78, 5) is 14.7. The van der Waals surface area contributed by atoms with Crippen LogP contribution in [0.25, 0.3) is 5.69 Å². The molecule has 0 aliphatic carbocycles. The van der Waals surface area contributed by atoms with Crippen molar-refractivity contribution in [2.24, 2.45) is 0 Å². The first-order valence-corrected chi connectivity index (χ1v) is 8.52. The molecule has 1 amide bonds. The van der Waals surface area contributed by atoms with E-state index in [9.17, 15) is 4.79 Å². The van der Waals surface area contributed by atoms with Crippen LogP contribution in [-0.2, 0) is 6.42 Å². The second kappa shape index (κ2) is 5.87. The number of benzene rings is 2. The monoisotopic (exact) mass is 382 g/mol. The molecule has 3 aromatic rings.